The number of hydrogen-bond acceptors (Lipinski definition) is 2. The van der Waals surface area contributed by atoms with Crippen LogP contribution in [0.15, 0.2) is 0 Å². The first-order valence-electron chi connectivity index (χ1n) is 5.86. The number of amides is 1. The fourth-order valence-corrected chi connectivity index (χ4v) is 2.14. The van der Waals surface area contributed by atoms with E-state index in [0.717, 1.165) is 12.8 Å². The molecule has 0 spiro atoms. The molecule has 1 saturated carbocycles. The molecule has 0 heterocycles. The second-order valence-electron chi connectivity index (χ2n) is 4.79. The smallest absolute Gasteiger partial charge is 0.346 e. The molecule has 3 nitrogen and oxygen atoms in total. The molecule has 1 fully saturated rings. The predicted octanol–water partition coefficient (Wildman–Crippen LogP) is 1.69. The highest BCUT2D eigenvalue weighted by atomic mass is 19.4. The zero-order valence-electron chi connectivity index (χ0n) is 10.1. The summed E-state index contributed by atoms with van der Waals surface area (Å²) >= 11 is 0. The summed E-state index contributed by atoms with van der Waals surface area (Å²) in [6.45, 7) is 2.95. The summed E-state index contributed by atoms with van der Waals surface area (Å²) in [5.74, 6) is 0.463. The molecule has 6 heteroatoms. The summed E-state index contributed by atoms with van der Waals surface area (Å²) in [7, 11) is 0. The third kappa shape index (κ3) is 4.93. The Balaban J connectivity index is 2.20. The van der Waals surface area contributed by atoms with Crippen LogP contribution in [-0.4, -0.2) is 31.2 Å². The number of nitrogens with one attached hydrogen (secondary N) is 2. The molecule has 17 heavy (non-hydrogen) atoms. The lowest BCUT2D eigenvalue weighted by Crippen LogP contribution is -2.43. The average Bonchev–Trinajstić information content (AvgIpc) is 2.53. The number of hydrogen-bond donors (Lipinski definition) is 2. The molecule has 1 aliphatic carbocycles. The first kappa shape index (κ1) is 14.3. The molecule has 0 aliphatic heterocycles. The molecular formula is C11H19F3N2O. The molecular weight excluding hydrogens is 233 g/mol. The maximum atomic E-state index is 11.8. The molecule has 1 amide bonds. The topological polar surface area (TPSA) is 41.1 Å². The predicted molar refractivity (Wildman–Crippen MR) is 58.4 cm³/mol. The van der Waals surface area contributed by atoms with Gasteiger partial charge in [0.05, 0.1) is 6.54 Å². The van der Waals surface area contributed by atoms with Gasteiger partial charge in [-0.2, -0.15) is 13.2 Å². The minimum atomic E-state index is -4.34. The summed E-state index contributed by atoms with van der Waals surface area (Å²) in [4.78, 5) is 11.2. The van der Waals surface area contributed by atoms with Gasteiger partial charge in [0.25, 0.3) is 0 Å². The van der Waals surface area contributed by atoms with Crippen LogP contribution in [0.3, 0.4) is 0 Å². The number of halogens is 3. The van der Waals surface area contributed by atoms with Crippen molar-refractivity contribution in [2.24, 2.45) is 11.8 Å². The largest absolute Gasteiger partial charge is 0.405 e. The highest BCUT2D eigenvalue weighted by Gasteiger charge is 2.30. The fraction of sp³-hybridized carbons (Fsp3) is 0.909. The van der Waals surface area contributed by atoms with Gasteiger partial charge >= 0.3 is 6.18 Å². The van der Waals surface area contributed by atoms with Crippen molar-refractivity contribution >= 4 is 5.91 Å². The van der Waals surface area contributed by atoms with Crippen LogP contribution in [0.5, 0.6) is 0 Å². The average molecular weight is 252 g/mol. The van der Waals surface area contributed by atoms with E-state index in [1.807, 2.05) is 5.32 Å². The van der Waals surface area contributed by atoms with Crippen LogP contribution in [0.25, 0.3) is 0 Å². The zero-order valence-corrected chi connectivity index (χ0v) is 10.1. The van der Waals surface area contributed by atoms with E-state index in [1.165, 1.54) is 0 Å². The molecule has 0 aromatic carbocycles. The molecule has 1 aliphatic rings. The lowest BCUT2D eigenvalue weighted by Gasteiger charge is -2.19. The van der Waals surface area contributed by atoms with Gasteiger partial charge in [-0.15, -0.1) is 0 Å². The second kappa shape index (κ2) is 5.71. The highest BCUT2D eigenvalue weighted by molar-refractivity contribution is 5.78. The lowest BCUT2D eigenvalue weighted by atomic mass is 9.98. The Hall–Kier alpha value is -0.780. The quantitative estimate of drug-likeness (QED) is 0.799. The van der Waals surface area contributed by atoms with Crippen molar-refractivity contribution in [3.8, 4) is 0 Å². The number of alkyl halides is 3. The summed E-state index contributed by atoms with van der Waals surface area (Å²) in [6, 6.07) is 0.238. The van der Waals surface area contributed by atoms with Crippen LogP contribution < -0.4 is 10.6 Å². The van der Waals surface area contributed by atoms with E-state index in [1.54, 1.807) is 0 Å². The Bertz CT molecular complexity index is 268. The monoisotopic (exact) mass is 252 g/mol. The van der Waals surface area contributed by atoms with Gasteiger partial charge in [-0.05, 0) is 24.7 Å². The van der Waals surface area contributed by atoms with Crippen LogP contribution in [-0.2, 0) is 4.79 Å². The van der Waals surface area contributed by atoms with Crippen LogP contribution in [0.1, 0.15) is 26.7 Å². The summed E-state index contributed by atoms with van der Waals surface area (Å²) in [5, 5.41) is 4.86. The van der Waals surface area contributed by atoms with Crippen molar-refractivity contribution in [1.29, 1.82) is 0 Å². The van der Waals surface area contributed by atoms with Gasteiger partial charge in [0.1, 0.15) is 6.54 Å². The van der Waals surface area contributed by atoms with Gasteiger partial charge in [0.15, 0.2) is 0 Å². The van der Waals surface area contributed by atoms with Crippen molar-refractivity contribution in [1.82, 2.24) is 10.6 Å². The molecule has 0 saturated heterocycles. The van der Waals surface area contributed by atoms with Crippen LogP contribution in [0, 0.1) is 11.8 Å². The Morgan fingerprint density at radius 2 is 1.94 bits per heavy atom. The van der Waals surface area contributed by atoms with Gasteiger partial charge in [0, 0.05) is 6.04 Å². The van der Waals surface area contributed by atoms with E-state index in [0.29, 0.717) is 11.8 Å². The molecule has 0 aromatic heterocycles. The minimum Gasteiger partial charge on any atom is -0.346 e. The van der Waals surface area contributed by atoms with Gasteiger partial charge in [-0.3, -0.25) is 4.79 Å². The van der Waals surface area contributed by atoms with E-state index in [4.69, 9.17) is 0 Å². The Labute approximate surface area is 99.1 Å². The Morgan fingerprint density at radius 1 is 1.29 bits per heavy atom. The minimum absolute atomic E-state index is 0.0438. The van der Waals surface area contributed by atoms with Gasteiger partial charge in [0.2, 0.25) is 5.91 Å². The molecule has 3 atom stereocenters. The van der Waals surface area contributed by atoms with Gasteiger partial charge < -0.3 is 10.6 Å². The fourth-order valence-electron chi connectivity index (χ4n) is 2.14. The Morgan fingerprint density at radius 3 is 2.41 bits per heavy atom. The molecule has 3 unspecified atom stereocenters. The summed E-state index contributed by atoms with van der Waals surface area (Å²) in [5.41, 5.74) is 0. The van der Waals surface area contributed by atoms with Crippen LogP contribution in [0.2, 0.25) is 0 Å². The molecule has 100 valence electrons. The summed E-state index contributed by atoms with van der Waals surface area (Å²) in [6.07, 6.45) is -2.26. The molecule has 0 radical (unpaired) electrons. The van der Waals surface area contributed by atoms with Crippen molar-refractivity contribution in [3.63, 3.8) is 0 Å². The van der Waals surface area contributed by atoms with E-state index in [-0.39, 0.29) is 12.6 Å². The van der Waals surface area contributed by atoms with Crippen LogP contribution in [0.4, 0.5) is 13.2 Å². The van der Waals surface area contributed by atoms with Crippen molar-refractivity contribution in [3.05, 3.63) is 0 Å². The number of carbonyl (C=O) groups excluding carboxylic acids is 1. The molecule has 0 bridgehead atoms. The zero-order chi connectivity index (χ0) is 13.1. The normalized spacial score (nSPS) is 29.4. The lowest BCUT2D eigenvalue weighted by molar-refractivity contribution is -0.138. The summed E-state index contributed by atoms with van der Waals surface area (Å²) < 4.78 is 35.5. The van der Waals surface area contributed by atoms with E-state index >= 15 is 0 Å². The van der Waals surface area contributed by atoms with Gasteiger partial charge in [-0.25, -0.2) is 0 Å². The van der Waals surface area contributed by atoms with Crippen LogP contribution >= 0.6 is 0 Å². The highest BCUT2D eigenvalue weighted by Crippen LogP contribution is 2.30. The molecule has 1 rings (SSSR count). The van der Waals surface area contributed by atoms with E-state index < -0.39 is 18.6 Å². The third-order valence-electron chi connectivity index (χ3n) is 3.48. The molecule has 0 aromatic rings. The maximum Gasteiger partial charge on any atom is 0.405 e. The van der Waals surface area contributed by atoms with E-state index in [2.05, 4.69) is 19.2 Å². The number of carbonyl (C=O) groups is 1. The third-order valence-corrected chi connectivity index (χ3v) is 3.48. The number of rotatable bonds is 4. The standard InChI is InChI=1S/C11H19F3N2O/c1-7-3-4-9(8(7)2)15-5-10(17)16-6-11(12,13)14/h7-9,15H,3-6H2,1-2H3,(H,16,17). The first-order chi connectivity index (χ1) is 7.79. The first-order valence-corrected chi connectivity index (χ1v) is 5.86. The van der Waals surface area contributed by atoms with Crippen molar-refractivity contribution < 1.29 is 18.0 Å². The molecule has 2 N–H and O–H groups in total. The van der Waals surface area contributed by atoms with E-state index in [9.17, 15) is 18.0 Å². The maximum absolute atomic E-state index is 11.8. The Kier molecular flexibility index (Phi) is 4.80. The SMILES string of the molecule is CC1CCC(NCC(=O)NCC(F)(F)F)C1C. The van der Waals surface area contributed by atoms with Gasteiger partial charge in [-0.1, -0.05) is 13.8 Å². The second-order valence-corrected chi connectivity index (χ2v) is 4.79. The van der Waals surface area contributed by atoms with Crippen molar-refractivity contribution in [2.75, 3.05) is 13.1 Å². The van der Waals surface area contributed by atoms with Crippen molar-refractivity contribution in [2.45, 2.75) is 38.9 Å².